The lowest BCUT2D eigenvalue weighted by molar-refractivity contribution is -0.139. The first kappa shape index (κ1) is 16.8. The number of nitrogens with zero attached hydrogens (tertiary/aromatic N) is 2. The van der Waals surface area contributed by atoms with Gasteiger partial charge >= 0.3 is 0 Å². The Balaban J connectivity index is 1.70. The van der Waals surface area contributed by atoms with Crippen molar-refractivity contribution >= 4 is 23.4 Å². The molecule has 0 aromatic heterocycles. The Bertz CT molecular complexity index is 767. The normalized spacial score (nSPS) is 28.2. The molecule has 136 valence electrons. The van der Waals surface area contributed by atoms with Crippen molar-refractivity contribution in [1.82, 2.24) is 4.90 Å². The maximum atomic E-state index is 13.1. The van der Waals surface area contributed by atoms with Gasteiger partial charge < -0.3 is 9.64 Å². The van der Waals surface area contributed by atoms with Gasteiger partial charge in [0.05, 0.1) is 36.3 Å². The van der Waals surface area contributed by atoms with Crippen molar-refractivity contribution < 1.29 is 19.1 Å². The summed E-state index contributed by atoms with van der Waals surface area (Å²) < 4.78 is 5.38. The van der Waals surface area contributed by atoms with Crippen molar-refractivity contribution in [3.63, 3.8) is 0 Å². The number of hydrogen-bond acceptors (Lipinski definition) is 4. The summed E-state index contributed by atoms with van der Waals surface area (Å²) in [5.74, 6) is -1.80. The van der Waals surface area contributed by atoms with Crippen molar-refractivity contribution in [1.29, 1.82) is 0 Å². The fraction of sp³-hybridized carbons (Fsp3) is 0.450. The van der Waals surface area contributed by atoms with Crippen LogP contribution in [0, 0.1) is 17.8 Å². The van der Waals surface area contributed by atoms with Crippen molar-refractivity contribution in [2.75, 3.05) is 25.1 Å². The number of hydrogen-bond donors (Lipinski definition) is 0. The van der Waals surface area contributed by atoms with Gasteiger partial charge in [0.2, 0.25) is 17.7 Å². The zero-order valence-corrected chi connectivity index (χ0v) is 14.8. The SMILES string of the molecule is COC1=CC(C(=O)N2CCCC2)[C@@H]2C(=O)N(c3ccccc3)C(=O)[C@H]2C1. The van der Waals surface area contributed by atoms with Crippen LogP contribution in [0.2, 0.25) is 0 Å². The molecule has 0 saturated carbocycles. The highest BCUT2D eigenvalue weighted by Crippen LogP contribution is 2.43. The van der Waals surface area contributed by atoms with Gasteiger partial charge in [0.25, 0.3) is 0 Å². The fourth-order valence-electron chi connectivity index (χ4n) is 4.31. The molecule has 1 aromatic rings. The molecule has 2 heterocycles. The number of amides is 3. The van der Waals surface area contributed by atoms with Crippen LogP contribution in [0.1, 0.15) is 19.3 Å². The third-order valence-corrected chi connectivity index (χ3v) is 5.63. The molecule has 1 unspecified atom stereocenters. The molecule has 3 atom stereocenters. The zero-order valence-electron chi connectivity index (χ0n) is 14.8. The van der Waals surface area contributed by atoms with Gasteiger partial charge in [-0.15, -0.1) is 0 Å². The first-order valence-electron chi connectivity index (χ1n) is 9.08. The van der Waals surface area contributed by atoms with E-state index in [0.717, 1.165) is 12.8 Å². The first-order chi connectivity index (χ1) is 12.6. The fourth-order valence-corrected chi connectivity index (χ4v) is 4.31. The van der Waals surface area contributed by atoms with E-state index < -0.39 is 17.8 Å². The Hall–Kier alpha value is -2.63. The predicted octanol–water partition coefficient (Wildman–Crippen LogP) is 1.96. The predicted molar refractivity (Wildman–Crippen MR) is 94.9 cm³/mol. The Kier molecular flexibility index (Phi) is 4.26. The van der Waals surface area contributed by atoms with Gasteiger partial charge in [-0.2, -0.15) is 0 Å². The van der Waals surface area contributed by atoms with Gasteiger partial charge in [-0.05, 0) is 31.1 Å². The van der Waals surface area contributed by atoms with Crippen LogP contribution < -0.4 is 4.90 Å². The number of allylic oxidation sites excluding steroid dienone is 1. The number of ether oxygens (including phenoxy) is 1. The number of imide groups is 1. The smallest absolute Gasteiger partial charge is 0.238 e. The Labute approximate surface area is 152 Å². The number of benzene rings is 1. The minimum absolute atomic E-state index is 0.0668. The molecule has 2 aliphatic heterocycles. The molecule has 3 aliphatic rings. The Morgan fingerprint density at radius 1 is 1.08 bits per heavy atom. The third-order valence-electron chi connectivity index (χ3n) is 5.63. The zero-order chi connectivity index (χ0) is 18.3. The molecule has 2 saturated heterocycles. The standard InChI is InChI=1S/C20H22N2O4/c1-26-14-11-15(18(23)21-9-5-6-10-21)17-16(12-14)19(24)22(20(17)25)13-7-3-2-4-8-13/h2-4,7-8,11,15-17H,5-6,9-10,12H2,1H3/t15?,16-,17-/m0/s1. The summed E-state index contributed by atoms with van der Waals surface area (Å²) in [6, 6.07) is 8.92. The lowest BCUT2D eigenvalue weighted by atomic mass is 9.76. The molecular weight excluding hydrogens is 332 g/mol. The topological polar surface area (TPSA) is 66.9 Å². The number of rotatable bonds is 3. The van der Waals surface area contributed by atoms with Gasteiger partial charge in [0, 0.05) is 19.5 Å². The van der Waals surface area contributed by atoms with Crippen molar-refractivity contribution in [3.05, 3.63) is 42.2 Å². The Morgan fingerprint density at radius 2 is 1.77 bits per heavy atom. The maximum Gasteiger partial charge on any atom is 0.238 e. The van der Waals surface area contributed by atoms with Gasteiger partial charge in [0.15, 0.2) is 0 Å². The lowest BCUT2D eigenvalue weighted by Crippen LogP contribution is -2.42. The molecule has 3 amide bonds. The number of carbonyl (C=O) groups is 3. The van der Waals surface area contributed by atoms with E-state index in [2.05, 4.69) is 0 Å². The molecule has 2 fully saturated rings. The van der Waals surface area contributed by atoms with Gasteiger partial charge in [-0.1, -0.05) is 18.2 Å². The van der Waals surface area contributed by atoms with Crippen LogP contribution >= 0.6 is 0 Å². The van der Waals surface area contributed by atoms with Crippen LogP contribution in [0.5, 0.6) is 0 Å². The second-order valence-electron chi connectivity index (χ2n) is 7.08. The number of carbonyl (C=O) groups excluding carboxylic acids is 3. The van der Waals surface area contributed by atoms with E-state index in [1.807, 2.05) is 6.07 Å². The summed E-state index contributed by atoms with van der Waals surface area (Å²) >= 11 is 0. The van der Waals surface area contributed by atoms with E-state index in [1.54, 1.807) is 42.4 Å². The number of likely N-dealkylation sites (tertiary alicyclic amines) is 1. The summed E-state index contributed by atoms with van der Waals surface area (Å²) in [4.78, 5) is 42.2. The average molecular weight is 354 g/mol. The third kappa shape index (κ3) is 2.60. The van der Waals surface area contributed by atoms with Crippen molar-refractivity contribution in [2.45, 2.75) is 19.3 Å². The van der Waals surface area contributed by atoms with Gasteiger partial charge in [-0.3, -0.25) is 19.3 Å². The molecule has 0 spiro atoms. The second-order valence-corrected chi connectivity index (χ2v) is 7.08. The molecule has 6 nitrogen and oxygen atoms in total. The average Bonchev–Trinajstić information content (AvgIpc) is 3.29. The van der Waals surface area contributed by atoms with Crippen molar-refractivity contribution in [3.8, 4) is 0 Å². The van der Waals surface area contributed by atoms with Gasteiger partial charge in [0.1, 0.15) is 0 Å². The second kappa shape index (κ2) is 6.59. The van der Waals surface area contributed by atoms with Crippen LogP contribution in [0.3, 0.4) is 0 Å². The van der Waals surface area contributed by atoms with Crippen molar-refractivity contribution in [2.24, 2.45) is 17.8 Å². The highest BCUT2D eigenvalue weighted by molar-refractivity contribution is 6.23. The van der Waals surface area contributed by atoms with E-state index in [-0.39, 0.29) is 17.7 Å². The summed E-state index contributed by atoms with van der Waals surface area (Å²) in [5, 5.41) is 0. The number of fused-ring (bicyclic) bond motifs is 1. The van der Waals surface area contributed by atoms with E-state index in [0.29, 0.717) is 31.0 Å². The maximum absolute atomic E-state index is 13.1. The summed E-state index contributed by atoms with van der Waals surface area (Å²) in [6.45, 7) is 1.43. The summed E-state index contributed by atoms with van der Waals surface area (Å²) in [5.41, 5.74) is 0.559. The number of para-hydroxylation sites is 1. The number of anilines is 1. The quantitative estimate of drug-likeness (QED) is 0.779. The van der Waals surface area contributed by atoms with Crippen LogP contribution in [-0.4, -0.2) is 42.8 Å². The van der Waals surface area contributed by atoms with E-state index in [1.165, 1.54) is 4.90 Å². The summed E-state index contributed by atoms with van der Waals surface area (Å²) in [7, 11) is 1.54. The molecule has 0 bridgehead atoms. The molecule has 4 rings (SSSR count). The molecule has 0 radical (unpaired) electrons. The molecule has 1 aliphatic carbocycles. The van der Waals surface area contributed by atoms with Gasteiger partial charge in [-0.25, -0.2) is 0 Å². The van der Waals surface area contributed by atoms with E-state index in [9.17, 15) is 14.4 Å². The summed E-state index contributed by atoms with van der Waals surface area (Å²) in [6.07, 6.45) is 4.08. The van der Waals surface area contributed by atoms with Crippen LogP contribution in [-0.2, 0) is 19.1 Å². The van der Waals surface area contributed by atoms with Crippen LogP contribution in [0.25, 0.3) is 0 Å². The van der Waals surface area contributed by atoms with Crippen LogP contribution in [0.15, 0.2) is 42.2 Å². The molecule has 0 N–H and O–H groups in total. The minimum Gasteiger partial charge on any atom is -0.501 e. The highest BCUT2D eigenvalue weighted by atomic mass is 16.5. The van der Waals surface area contributed by atoms with E-state index >= 15 is 0 Å². The molecule has 1 aromatic carbocycles. The highest BCUT2D eigenvalue weighted by Gasteiger charge is 2.55. The van der Waals surface area contributed by atoms with E-state index in [4.69, 9.17) is 4.74 Å². The largest absolute Gasteiger partial charge is 0.501 e. The Morgan fingerprint density at radius 3 is 2.42 bits per heavy atom. The monoisotopic (exact) mass is 354 g/mol. The number of methoxy groups -OCH3 is 1. The molecule has 6 heteroatoms. The minimum atomic E-state index is -0.644. The lowest BCUT2D eigenvalue weighted by Gasteiger charge is -2.30. The first-order valence-corrected chi connectivity index (χ1v) is 9.08. The molecule has 26 heavy (non-hydrogen) atoms. The molecular formula is C20H22N2O4. The van der Waals surface area contributed by atoms with Crippen LogP contribution in [0.4, 0.5) is 5.69 Å².